The van der Waals surface area contributed by atoms with Gasteiger partial charge in [-0.1, -0.05) is 31.5 Å². The van der Waals surface area contributed by atoms with Crippen molar-refractivity contribution in [3.63, 3.8) is 0 Å². The van der Waals surface area contributed by atoms with Gasteiger partial charge in [-0.15, -0.1) is 0 Å². The highest BCUT2D eigenvalue weighted by Gasteiger charge is 2.08. The maximum atomic E-state index is 11.5. The molecule has 4 nitrogen and oxygen atoms in total. The first-order valence-corrected chi connectivity index (χ1v) is 5.97. The van der Waals surface area contributed by atoms with E-state index in [0.717, 1.165) is 12.8 Å². The van der Waals surface area contributed by atoms with Gasteiger partial charge in [-0.2, -0.15) is 0 Å². The molecule has 4 heteroatoms. The Kier molecular flexibility index (Phi) is 6.10. The van der Waals surface area contributed by atoms with Crippen molar-refractivity contribution in [3.8, 4) is 5.75 Å². The summed E-state index contributed by atoms with van der Waals surface area (Å²) in [5.41, 5.74) is 5.49. The van der Waals surface area contributed by atoms with E-state index in [4.69, 9.17) is 10.5 Å². The normalized spacial score (nSPS) is 11.9. The Morgan fingerprint density at radius 1 is 1.41 bits per heavy atom. The van der Waals surface area contributed by atoms with Crippen molar-refractivity contribution in [3.05, 3.63) is 30.3 Å². The zero-order valence-electron chi connectivity index (χ0n) is 10.2. The second kappa shape index (κ2) is 7.68. The molecule has 0 fully saturated rings. The number of para-hydroxylation sites is 1. The number of nitrogens with one attached hydrogen (secondary N) is 1. The van der Waals surface area contributed by atoms with Gasteiger partial charge in [0.25, 0.3) is 0 Å². The molecule has 0 spiro atoms. The minimum absolute atomic E-state index is 0.410. The molecule has 1 amide bonds. The van der Waals surface area contributed by atoms with Crippen LogP contribution in [0.15, 0.2) is 30.3 Å². The van der Waals surface area contributed by atoms with E-state index < -0.39 is 6.09 Å². The van der Waals surface area contributed by atoms with E-state index in [1.54, 1.807) is 12.1 Å². The fraction of sp³-hybridized carbons (Fsp3) is 0.462. The third-order valence-electron chi connectivity index (χ3n) is 2.64. The number of ether oxygens (including phenoxy) is 1. The molecule has 1 unspecified atom stereocenters. The van der Waals surface area contributed by atoms with Crippen molar-refractivity contribution < 1.29 is 9.53 Å². The van der Waals surface area contributed by atoms with Crippen LogP contribution in [-0.4, -0.2) is 19.2 Å². The minimum atomic E-state index is -0.410. The molecule has 0 aliphatic rings. The average Bonchev–Trinajstić information content (AvgIpc) is 2.35. The molecule has 1 rings (SSSR count). The van der Waals surface area contributed by atoms with Crippen LogP contribution < -0.4 is 15.8 Å². The number of rotatable bonds is 6. The molecular formula is C13H20N2O2. The van der Waals surface area contributed by atoms with Crippen molar-refractivity contribution >= 4 is 6.09 Å². The van der Waals surface area contributed by atoms with Crippen LogP contribution in [0.4, 0.5) is 4.79 Å². The van der Waals surface area contributed by atoms with Crippen LogP contribution in [0.5, 0.6) is 5.75 Å². The number of nitrogens with two attached hydrogens (primary N) is 1. The van der Waals surface area contributed by atoms with Crippen molar-refractivity contribution in [2.75, 3.05) is 13.1 Å². The fourth-order valence-corrected chi connectivity index (χ4v) is 1.55. The van der Waals surface area contributed by atoms with Crippen LogP contribution in [0.3, 0.4) is 0 Å². The maximum Gasteiger partial charge on any atom is 0.412 e. The predicted octanol–water partition coefficient (Wildman–Crippen LogP) is 2.15. The number of benzene rings is 1. The third-order valence-corrected chi connectivity index (χ3v) is 2.64. The molecule has 94 valence electrons. The summed E-state index contributed by atoms with van der Waals surface area (Å²) < 4.78 is 5.11. The Labute approximate surface area is 102 Å². The Morgan fingerprint density at radius 2 is 2.12 bits per heavy atom. The molecule has 0 aliphatic heterocycles. The highest BCUT2D eigenvalue weighted by molar-refractivity contribution is 5.70. The van der Waals surface area contributed by atoms with Crippen LogP contribution in [0, 0.1) is 5.92 Å². The van der Waals surface area contributed by atoms with Gasteiger partial charge >= 0.3 is 6.09 Å². The van der Waals surface area contributed by atoms with E-state index in [0.29, 0.717) is 24.8 Å². The fourth-order valence-electron chi connectivity index (χ4n) is 1.55. The van der Waals surface area contributed by atoms with Crippen LogP contribution in [0.1, 0.15) is 19.8 Å². The van der Waals surface area contributed by atoms with Gasteiger partial charge in [0.1, 0.15) is 5.75 Å². The number of hydrogen-bond donors (Lipinski definition) is 2. The van der Waals surface area contributed by atoms with E-state index >= 15 is 0 Å². The summed E-state index contributed by atoms with van der Waals surface area (Å²) in [7, 11) is 0. The number of amides is 1. The van der Waals surface area contributed by atoms with Crippen molar-refractivity contribution in [2.24, 2.45) is 11.7 Å². The van der Waals surface area contributed by atoms with Crippen molar-refractivity contribution in [1.82, 2.24) is 5.32 Å². The Hall–Kier alpha value is -1.55. The zero-order chi connectivity index (χ0) is 12.5. The Morgan fingerprint density at radius 3 is 2.71 bits per heavy atom. The lowest BCUT2D eigenvalue weighted by Gasteiger charge is -2.14. The maximum absolute atomic E-state index is 11.5. The molecule has 0 heterocycles. The molecule has 3 N–H and O–H groups in total. The first-order chi connectivity index (χ1) is 8.26. The number of carbonyl (C=O) groups excluding carboxylic acids is 1. The topological polar surface area (TPSA) is 64.3 Å². The zero-order valence-corrected chi connectivity index (χ0v) is 10.2. The van der Waals surface area contributed by atoms with Gasteiger partial charge in [0.05, 0.1) is 0 Å². The molecular weight excluding hydrogens is 216 g/mol. The monoisotopic (exact) mass is 236 g/mol. The average molecular weight is 236 g/mol. The van der Waals surface area contributed by atoms with E-state index in [9.17, 15) is 4.79 Å². The van der Waals surface area contributed by atoms with Gasteiger partial charge in [0.2, 0.25) is 0 Å². The lowest BCUT2D eigenvalue weighted by molar-refractivity contribution is 0.198. The molecule has 0 saturated heterocycles. The molecule has 0 radical (unpaired) electrons. The second-order valence-corrected chi connectivity index (χ2v) is 3.94. The molecule has 0 aliphatic carbocycles. The highest BCUT2D eigenvalue weighted by Crippen LogP contribution is 2.09. The summed E-state index contributed by atoms with van der Waals surface area (Å²) >= 11 is 0. The Bertz CT molecular complexity index is 327. The van der Waals surface area contributed by atoms with Gasteiger partial charge in [0, 0.05) is 6.54 Å². The van der Waals surface area contributed by atoms with E-state index in [1.807, 2.05) is 18.2 Å². The third kappa shape index (κ3) is 5.36. The number of hydrogen-bond acceptors (Lipinski definition) is 3. The second-order valence-electron chi connectivity index (χ2n) is 3.94. The van der Waals surface area contributed by atoms with Crippen LogP contribution in [0.25, 0.3) is 0 Å². The molecule has 0 aromatic heterocycles. The molecule has 1 aromatic rings. The SMILES string of the molecule is CCC(CCN)CNC(=O)Oc1ccccc1. The standard InChI is InChI=1S/C13H20N2O2/c1-2-11(8-9-14)10-15-13(16)17-12-6-4-3-5-7-12/h3-7,11H,2,8-10,14H2,1H3,(H,15,16). The van der Waals surface area contributed by atoms with Gasteiger partial charge in [0.15, 0.2) is 0 Å². The first-order valence-electron chi connectivity index (χ1n) is 5.97. The van der Waals surface area contributed by atoms with E-state index in [2.05, 4.69) is 12.2 Å². The van der Waals surface area contributed by atoms with Crippen molar-refractivity contribution in [2.45, 2.75) is 19.8 Å². The van der Waals surface area contributed by atoms with Gasteiger partial charge in [-0.3, -0.25) is 0 Å². The molecule has 0 bridgehead atoms. The summed E-state index contributed by atoms with van der Waals surface area (Å²) in [5, 5.41) is 2.75. The minimum Gasteiger partial charge on any atom is -0.410 e. The Balaban J connectivity index is 2.30. The number of carbonyl (C=O) groups is 1. The summed E-state index contributed by atoms with van der Waals surface area (Å²) in [6.45, 7) is 3.35. The summed E-state index contributed by atoms with van der Waals surface area (Å²) in [4.78, 5) is 11.5. The molecule has 1 aromatic carbocycles. The van der Waals surface area contributed by atoms with Crippen LogP contribution in [-0.2, 0) is 0 Å². The van der Waals surface area contributed by atoms with Crippen molar-refractivity contribution in [1.29, 1.82) is 0 Å². The highest BCUT2D eigenvalue weighted by atomic mass is 16.5. The van der Waals surface area contributed by atoms with E-state index in [-0.39, 0.29) is 0 Å². The van der Waals surface area contributed by atoms with E-state index in [1.165, 1.54) is 0 Å². The summed E-state index contributed by atoms with van der Waals surface area (Å²) in [5.74, 6) is 0.972. The quantitative estimate of drug-likeness (QED) is 0.795. The smallest absolute Gasteiger partial charge is 0.410 e. The summed E-state index contributed by atoms with van der Waals surface area (Å²) in [6, 6.07) is 9.02. The summed E-state index contributed by atoms with van der Waals surface area (Å²) in [6.07, 6.45) is 1.51. The molecule has 17 heavy (non-hydrogen) atoms. The van der Waals surface area contributed by atoms with Gasteiger partial charge in [-0.25, -0.2) is 4.79 Å². The van der Waals surface area contributed by atoms with Gasteiger partial charge < -0.3 is 15.8 Å². The molecule has 1 atom stereocenters. The molecule has 0 saturated carbocycles. The first kappa shape index (κ1) is 13.5. The van der Waals surface area contributed by atoms with Crippen LogP contribution in [0.2, 0.25) is 0 Å². The van der Waals surface area contributed by atoms with Gasteiger partial charge in [-0.05, 0) is 31.0 Å². The lowest BCUT2D eigenvalue weighted by Crippen LogP contribution is -2.32. The predicted molar refractivity (Wildman–Crippen MR) is 67.9 cm³/mol. The lowest BCUT2D eigenvalue weighted by atomic mass is 10.0. The van der Waals surface area contributed by atoms with Crippen LogP contribution >= 0.6 is 0 Å². The largest absolute Gasteiger partial charge is 0.412 e.